The van der Waals surface area contributed by atoms with Crippen LogP contribution in [0.2, 0.25) is 0 Å². The van der Waals surface area contributed by atoms with Crippen LogP contribution in [0, 0.1) is 35.1 Å². The molecule has 0 spiro atoms. The lowest BCUT2D eigenvalue weighted by atomic mass is 9.54. The zero-order chi connectivity index (χ0) is 25.7. The molecule has 4 bridgehead atoms. The van der Waals surface area contributed by atoms with Gasteiger partial charge >= 0.3 is 12.4 Å². The van der Waals surface area contributed by atoms with Crippen LogP contribution in [-0.4, -0.2) is 60.2 Å². The van der Waals surface area contributed by atoms with Crippen LogP contribution in [0.15, 0.2) is 23.3 Å². The number of hydrogen-bond donors (Lipinski definition) is 1. The number of amidine groups is 1. The van der Waals surface area contributed by atoms with Crippen molar-refractivity contribution in [1.82, 2.24) is 15.2 Å². The molecule has 1 atom stereocenters. The quantitative estimate of drug-likeness (QED) is 0.212. The van der Waals surface area contributed by atoms with Crippen molar-refractivity contribution in [3.63, 3.8) is 0 Å². The van der Waals surface area contributed by atoms with E-state index in [4.69, 9.17) is 4.99 Å². The van der Waals surface area contributed by atoms with Crippen LogP contribution >= 0.6 is 0 Å². The number of nitrogens with one attached hydrogen (secondary N) is 1. The Bertz CT molecular complexity index is 986. The minimum Gasteiger partial charge on any atom is -0.353 e. The molecule has 0 radical (unpaired) electrons. The lowest BCUT2D eigenvalue weighted by molar-refractivity contribution is -0.182. The Morgan fingerprint density at radius 3 is 2.22 bits per heavy atom. The van der Waals surface area contributed by atoms with Crippen LogP contribution < -0.4 is 10.2 Å². The van der Waals surface area contributed by atoms with Gasteiger partial charge in [0.25, 0.3) is 0 Å². The number of aliphatic imine (C=N–C) groups is 1. The maximum absolute atomic E-state index is 14.1. The van der Waals surface area contributed by atoms with Gasteiger partial charge in [0.2, 0.25) is 0 Å². The first-order valence-electron chi connectivity index (χ1n) is 12.3. The van der Waals surface area contributed by atoms with Gasteiger partial charge in [0, 0.05) is 25.8 Å². The number of pyridine rings is 1. The van der Waals surface area contributed by atoms with Crippen molar-refractivity contribution in [2.45, 2.75) is 56.5 Å². The molecule has 1 unspecified atom stereocenters. The summed E-state index contributed by atoms with van der Waals surface area (Å²) in [5, 5.41) is 11.8. The number of halogens is 6. The second-order valence-electron chi connectivity index (χ2n) is 10.6. The molecule has 0 amide bonds. The van der Waals surface area contributed by atoms with Crippen molar-refractivity contribution in [2.75, 3.05) is 31.1 Å². The third-order valence-corrected chi connectivity index (χ3v) is 8.30. The first kappa shape index (κ1) is 25.1. The SMILES string of the molecule is N#CNC(CN1CCN(c2ccc(C(F)(F)F)cn2)CC1C(F)(F)F)=NC1C2CC3CC(C2)CC1C3. The number of aromatic nitrogens is 1. The minimum atomic E-state index is -4.58. The topological polar surface area (TPSA) is 67.6 Å². The molecule has 1 aromatic rings. The summed E-state index contributed by atoms with van der Waals surface area (Å²) < 4.78 is 80.7. The highest BCUT2D eigenvalue weighted by molar-refractivity contribution is 5.85. The van der Waals surface area contributed by atoms with E-state index in [2.05, 4.69) is 10.3 Å². The number of hydrogen-bond acceptors (Lipinski definition) is 5. The van der Waals surface area contributed by atoms with E-state index in [9.17, 15) is 31.6 Å². The normalized spacial score (nSPS) is 33.0. The van der Waals surface area contributed by atoms with Crippen LogP contribution in [0.1, 0.15) is 37.7 Å². The summed E-state index contributed by atoms with van der Waals surface area (Å²) in [6.45, 7) is -0.460. The van der Waals surface area contributed by atoms with Crippen LogP contribution in [0.4, 0.5) is 32.2 Å². The summed E-state index contributed by atoms with van der Waals surface area (Å²) in [5.74, 6) is 2.64. The predicted octanol–water partition coefficient (Wildman–Crippen LogP) is 4.45. The molecular formula is C24H28F6N6. The Morgan fingerprint density at radius 1 is 1.03 bits per heavy atom. The van der Waals surface area contributed by atoms with Crippen molar-refractivity contribution in [2.24, 2.45) is 28.7 Å². The highest BCUT2D eigenvalue weighted by atomic mass is 19.4. The third kappa shape index (κ3) is 5.12. The largest absolute Gasteiger partial charge is 0.417 e. The molecule has 1 N–H and O–H groups in total. The average molecular weight is 515 g/mol. The minimum absolute atomic E-state index is 0.000674. The van der Waals surface area contributed by atoms with Crippen LogP contribution in [0.3, 0.4) is 0 Å². The van der Waals surface area contributed by atoms with Gasteiger partial charge in [-0.2, -0.15) is 31.6 Å². The molecule has 4 saturated carbocycles. The fraction of sp³-hybridized carbons (Fsp3) is 0.708. The lowest BCUT2D eigenvalue weighted by Gasteiger charge is -2.53. The number of piperazine rings is 1. The Kier molecular flexibility index (Phi) is 6.55. The van der Waals surface area contributed by atoms with Crippen molar-refractivity contribution >= 4 is 11.7 Å². The van der Waals surface area contributed by atoms with E-state index >= 15 is 0 Å². The molecule has 1 saturated heterocycles. The Morgan fingerprint density at radius 2 is 1.69 bits per heavy atom. The molecule has 5 aliphatic rings. The summed E-state index contributed by atoms with van der Waals surface area (Å²) >= 11 is 0. The summed E-state index contributed by atoms with van der Waals surface area (Å²) in [4.78, 5) is 11.2. The monoisotopic (exact) mass is 514 g/mol. The first-order valence-corrected chi connectivity index (χ1v) is 12.3. The Labute approximate surface area is 205 Å². The highest BCUT2D eigenvalue weighted by Crippen LogP contribution is 2.54. The van der Waals surface area contributed by atoms with E-state index < -0.39 is 30.5 Å². The summed E-state index contributed by atoms with van der Waals surface area (Å²) in [7, 11) is 0. The maximum Gasteiger partial charge on any atom is 0.417 e. The zero-order valence-corrected chi connectivity index (χ0v) is 19.6. The third-order valence-electron chi connectivity index (χ3n) is 8.30. The molecule has 5 fully saturated rings. The van der Waals surface area contributed by atoms with Gasteiger partial charge in [0.1, 0.15) is 17.7 Å². The van der Waals surface area contributed by atoms with Crippen molar-refractivity contribution < 1.29 is 26.3 Å². The van der Waals surface area contributed by atoms with Gasteiger partial charge in [-0.1, -0.05) is 0 Å². The average Bonchev–Trinajstić information content (AvgIpc) is 2.80. The van der Waals surface area contributed by atoms with E-state index in [1.54, 1.807) is 0 Å². The lowest BCUT2D eigenvalue weighted by Crippen LogP contribution is -2.61. The summed E-state index contributed by atoms with van der Waals surface area (Å²) in [6.07, 6.45) is -0.993. The van der Waals surface area contributed by atoms with E-state index in [0.29, 0.717) is 18.0 Å². The molecule has 196 valence electrons. The van der Waals surface area contributed by atoms with E-state index in [1.165, 1.54) is 16.2 Å². The number of nitrogens with zero attached hydrogens (tertiary/aromatic N) is 5. The molecule has 2 heterocycles. The first-order chi connectivity index (χ1) is 17.0. The van der Waals surface area contributed by atoms with Gasteiger partial charge in [0.15, 0.2) is 6.19 Å². The zero-order valence-electron chi connectivity index (χ0n) is 19.6. The van der Waals surface area contributed by atoms with Crippen LogP contribution in [0.25, 0.3) is 0 Å². The molecule has 6 rings (SSSR count). The second kappa shape index (κ2) is 9.39. The van der Waals surface area contributed by atoms with Crippen molar-refractivity contribution in [3.05, 3.63) is 23.9 Å². The van der Waals surface area contributed by atoms with Crippen molar-refractivity contribution in [1.29, 1.82) is 5.26 Å². The Balaban J connectivity index is 1.31. The van der Waals surface area contributed by atoms with Gasteiger partial charge in [-0.25, -0.2) is 4.98 Å². The highest BCUT2D eigenvalue weighted by Gasteiger charge is 2.49. The number of rotatable bonds is 4. The molecular weight excluding hydrogens is 486 g/mol. The fourth-order valence-electron chi connectivity index (χ4n) is 6.93. The molecule has 0 aromatic carbocycles. The molecule has 12 heteroatoms. The molecule has 4 aliphatic carbocycles. The van der Waals surface area contributed by atoms with Gasteiger partial charge in [-0.15, -0.1) is 0 Å². The number of alkyl halides is 6. The van der Waals surface area contributed by atoms with Gasteiger partial charge < -0.3 is 4.90 Å². The van der Waals surface area contributed by atoms with Crippen LogP contribution in [-0.2, 0) is 6.18 Å². The Hall–Kier alpha value is -2.55. The van der Waals surface area contributed by atoms with E-state index in [-0.39, 0.29) is 37.3 Å². The van der Waals surface area contributed by atoms with Crippen molar-refractivity contribution in [3.8, 4) is 6.19 Å². The molecule has 1 aromatic heterocycles. The second-order valence-corrected chi connectivity index (χ2v) is 10.6. The molecule has 6 nitrogen and oxygen atoms in total. The van der Waals surface area contributed by atoms with Gasteiger partial charge in [-0.05, 0) is 67.9 Å². The number of anilines is 1. The summed E-state index contributed by atoms with van der Waals surface area (Å²) in [6, 6.07) is 0.0851. The van der Waals surface area contributed by atoms with Crippen LogP contribution in [0.5, 0.6) is 0 Å². The van der Waals surface area contributed by atoms with Gasteiger partial charge in [-0.3, -0.25) is 15.2 Å². The number of nitriles is 1. The van der Waals surface area contributed by atoms with E-state index in [1.807, 2.05) is 6.19 Å². The van der Waals surface area contributed by atoms with E-state index in [0.717, 1.165) is 49.7 Å². The standard InChI is InChI=1S/C24H28F6N6/c25-23(26,27)18-1-2-21(32-10-18)36-4-3-35(19(11-36)24(28,29)30)12-20(33-13-31)34-22-16-6-14-5-15(8-16)9-17(22)7-14/h1-2,10,14-17,19,22H,3-9,11-12H2,(H,33,34). The summed E-state index contributed by atoms with van der Waals surface area (Å²) in [5.41, 5.74) is -0.953. The molecule has 1 aliphatic heterocycles. The smallest absolute Gasteiger partial charge is 0.353 e. The molecule has 36 heavy (non-hydrogen) atoms. The maximum atomic E-state index is 14.1. The fourth-order valence-corrected chi connectivity index (χ4v) is 6.93. The predicted molar refractivity (Wildman–Crippen MR) is 120 cm³/mol. The van der Waals surface area contributed by atoms with Gasteiger partial charge in [0.05, 0.1) is 18.2 Å².